The Bertz CT molecular complexity index is 649. The van der Waals surface area contributed by atoms with Gasteiger partial charge in [0.15, 0.2) is 5.82 Å². The number of nitrogens with zero attached hydrogens (tertiary/aromatic N) is 2. The molecule has 1 amide bonds. The summed E-state index contributed by atoms with van der Waals surface area (Å²) in [7, 11) is 0. The van der Waals surface area contributed by atoms with Crippen molar-refractivity contribution in [1.29, 1.82) is 0 Å². The van der Waals surface area contributed by atoms with Gasteiger partial charge in [0, 0.05) is 11.1 Å². The van der Waals surface area contributed by atoms with Crippen molar-refractivity contribution < 1.29 is 9.32 Å². The molecule has 1 unspecified atom stereocenters. The molecule has 6 nitrogen and oxygen atoms in total. The molecule has 0 radical (unpaired) electrons. The SMILES string of the molecule is CC(NC(=O)c1ccccc1N)c1nc(C(C)(C)C)no1.Cl. The summed E-state index contributed by atoms with van der Waals surface area (Å²) in [6, 6.07) is 6.51. The molecule has 2 aromatic rings. The zero-order valence-corrected chi connectivity index (χ0v) is 13.9. The predicted octanol–water partition coefficient (Wildman–Crippen LogP) is 2.86. The van der Waals surface area contributed by atoms with Gasteiger partial charge in [-0.3, -0.25) is 4.79 Å². The first-order valence-corrected chi connectivity index (χ1v) is 6.78. The normalized spacial score (nSPS) is 12.4. The molecule has 0 aliphatic rings. The Morgan fingerprint density at radius 3 is 2.50 bits per heavy atom. The lowest BCUT2D eigenvalue weighted by atomic mass is 9.96. The molecule has 22 heavy (non-hydrogen) atoms. The van der Waals surface area contributed by atoms with Crippen LogP contribution in [0.2, 0.25) is 0 Å². The third kappa shape index (κ3) is 3.98. The highest BCUT2D eigenvalue weighted by Crippen LogP contribution is 2.21. The van der Waals surface area contributed by atoms with Crippen LogP contribution in [0.5, 0.6) is 0 Å². The topological polar surface area (TPSA) is 94.0 Å². The third-order valence-electron chi connectivity index (χ3n) is 3.04. The number of nitrogens with two attached hydrogens (primary N) is 1. The Morgan fingerprint density at radius 2 is 1.95 bits per heavy atom. The van der Waals surface area contributed by atoms with Gasteiger partial charge in [0.1, 0.15) is 6.04 Å². The molecule has 1 atom stereocenters. The average molecular weight is 325 g/mol. The van der Waals surface area contributed by atoms with Crippen LogP contribution in [0.1, 0.15) is 55.8 Å². The fourth-order valence-corrected chi connectivity index (χ4v) is 1.76. The van der Waals surface area contributed by atoms with Gasteiger partial charge in [0.2, 0.25) is 5.89 Å². The van der Waals surface area contributed by atoms with E-state index >= 15 is 0 Å². The largest absolute Gasteiger partial charge is 0.398 e. The second-order valence-electron chi connectivity index (χ2n) is 5.99. The number of anilines is 1. The molecule has 0 bridgehead atoms. The number of amides is 1. The van der Waals surface area contributed by atoms with Gasteiger partial charge in [-0.25, -0.2) is 0 Å². The van der Waals surface area contributed by atoms with E-state index in [1.807, 2.05) is 20.8 Å². The number of nitrogen functional groups attached to an aromatic ring is 1. The monoisotopic (exact) mass is 324 g/mol. The highest BCUT2D eigenvalue weighted by molar-refractivity contribution is 5.99. The maximum Gasteiger partial charge on any atom is 0.254 e. The minimum absolute atomic E-state index is 0. The van der Waals surface area contributed by atoms with Crippen molar-refractivity contribution >= 4 is 24.0 Å². The summed E-state index contributed by atoms with van der Waals surface area (Å²) in [6.07, 6.45) is 0. The molecule has 120 valence electrons. The van der Waals surface area contributed by atoms with Gasteiger partial charge >= 0.3 is 0 Å². The van der Waals surface area contributed by atoms with E-state index in [0.29, 0.717) is 23.0 Å². The van der Waals surface area contributed by atoms with Gasteiger partial charge in [0.05, 0.1) is 5.56 Å². The highest BCUT2D eigenvalue weighted by atomic mass is 35.5. The van der Waals surface area contributed by atoms with Crippen LogP contribution in [0.3, 0.4) is 0 Å². The van der Waals surface area contributed by atoms with Crippen molar-refractivity contribution in [2.45, 2.75) is 39.2 Å². The summed E-state index contributed by atoms with van der Waals surface area (Å²) in [6.45, 7) is 7.78. The van der Waals surface area contributed by atoms with Gasteiger partial charge < -0.3 is 15.6 Å². The standard InChI is InChI=1S/C15H20N4O2.ClH/c1-9(13-18-14(19-21-13)15(2,3)4)17-12(20)10-7-5-6-8-11(10)16;/h5-9H,16H2,1-4H3,(H,17,20);1H. The van der Waals surface area contributed by atoms with E-state index in [0.717, 1.165) is 0 Å². The molecule has 0 aliphatic carbocycles. The van der Waals surface area contributed by atoms with E-state index in [1.165, 1.54) is 0 Å². The second-order valence-corrected chi connectivity index (χ2v) is 5.99. The Morgan fingerprint density at radius 1 is 1.32 bits per heavy atom. The molecule has 1 aromatic carbocycles. The number of carbonyl (C=O) groups is 1. The number of halogens is 1. The van der Waals surface area contributed by atoms with E-state index in [1.54, 1.807) is 31.2 Å². The molecule has 0 saturated carbocycles. The van der Waals surface area contributed by atoms with Crippen molar-refractivity contribution in [2.75, 3.05) is 5.73 Å². The Hall–Kier alpha value is -2.08. The molecule has 0 saturated heterocycles. The lowest BCUT2D eigenvalue weighted by molar-refractivity contribution is 0.0933. The number of rotatable bonds is 3. The van der Waals surface area contributed by atoms with Crippen LogP contribution in [-0.2, 0) is 5.41 Å². The van der Waals surface area contributed by atoms with Crippen LogP contribution in [0.4, 0.5) is 5.69 Å². The van der Waals surface area contributed by atoms with Gasteiger partial charge in [-0.15, -0.1) is 12.4 Å². The number of benzene rings is 1. The van der Waals surface area contributed by atoms with E-state index in [-0.39, 0.29) is 29.8 Å². The summed E-state index contributed by atoms with van der Waals surface area (Å²) in [5.41, 5.74) is 6.45. The van der Waals surface area contributed by atoms with Crippen molar-refractivity contribution in [3.05, 3.63) is 41.5 Å². The molecule has 3 N–H and O–H groups in total. The molecule has 0 fully saturated rings. The fraction of sp³-hybridized carbons (Fsp3) is 0.400. The first-order valence-electron chi connectivity index (χ1n) is 6.78. The highest BCUT2D eigenvalue weighted by Gasteiger charge is 2.24. The Balaban J connectivity index is 0.00000242. The van der Waals surface area contributed by atoms with E-state index in [2.05, 4.69) is 15.5 Å². The van der Waals surface area contributed by atoms with Crippen molar-refractivity contribution in [1.82, 2.24) is 15.5 Å². The van der Waals surface area contributed by atoms with Gasteiger partial charge in [-0.05, 0) is 19.1 Å². The van der Waals surface area contributed by atoms with Crippen LogP contribution in [0.15, 0.2) is 28.8 Å². The first-order chi connectivity index (χ1) is 9.79. The lowest BCUT2D eigenvalue weighted by Gasteiger charge is -2.12. The minimum atomic E-state index is -0.388. The van der Waals surface area contributed by atoms with Crippen LogP contribution in [0, 0.1) is 0 Å². The zero-order chi connectivity index (χ0) is 15.6. The van der Waals surface area contributed by atoms with Crippen molar-refractivity contribution in [3.8, 4) is 0 Å². The van der Waals surface area contributed by atoms with Crippen LogP contribution < -0.4 is 11.1 Å². The number of nitrogens with one attached hydrogen (secondary N) is 1. The number of hydrogen-bond acceptors (Lipinski definition) is 5. The van der Waals surface area contributed by atoms with Gasteiger partial charge in [0.25, 0.3) is 5.91 Å². The second kappa shape index (κ2) is 6.79. The molecular weight excluding hydrogens is 304 g/mol. The summed E-state index contributed by atoms with van der Waals surface area (Å²) in [5, 5.41) is 6.75. The van der Waals surface area contributed by atoms with Crippen LogP contribution in [0.25, 0.3) is 0 Å². The lowest BCUT2D eigenvalue weighted by Crippen LogP contribution is -2.27. The minimum Gasteiger partial charge on any atom is -0.398 e. The summed E-state index contributed by atoms with van der Waals surface area (Å²) in [4.78, 5) is 16.5. The Labute approximate surface area is 135 Å². The molecule has 0 spiro atoms. The molecule has 1 heterocycles. The summed E-state index contributed by atoms with van der Waals surface area (Å²) >= 11 is 0. The van der Waals surface area contributed by atoms with Crippen LogP contribution >= 0.6 is 12.4 Å². The number of para-hydroxylation sites is 1. The van der Waals surface area contributed by atoms with Gasteiger partial charge in [-0.2, -0.15) is 4.98 Å². The average Bonchev–Trinajstić information content (AvgIpc) is 2.88. The molecule has 2 rings (SSSR count). The van der Waals surface area contributed by atoms with E-state index in [4.69, 9.17) is 10.3 Å². The number of carbonyl (C=O) groups excluding carboxylic acids is 1. The van der Waals surface area contributed by atoms with Crippen molar-refractivity contribution in [3.63, 3.8) is 0 Å². The quantitative estimate of drug-likeness (QED) is 0.847. The first kappa shape index (κ1) is 18.0. The third-order valence-corrected chi connectivity index (χ3v) is 3.04. The molecule has 7 heteroatoms. The van der Waals surface area contributed by atoms with E-state index in [9.17, 15) is 4.79 Å². The predicted molar refractivity (Wildman–Crippen MR) is 87.0 cm³/mol. The van der Waals surface area contributed by atoms with Gasteiger partial charge in [-0.1, -0.05) is 38.1 Å². The maximum atomic E-state index is 12.2. The molecule has 0 aliphatic heterocycles. The van der Waals surface area contributed by atoms with Crippen molar-refractivity contribution in [2.24, 2.45) is 0 Å². The number of aromatic nitrogens is 2. The Kier molecular flexibility index (Phi) is 5.54. The fourth-order valence-electron chi connectivity index (χ4n) is 1.76. The zero-order valence-electron chi connectivity index (χ0n) is 13.1. The number of hydrogen-bond donors (Lipinski definition) is 2. The van der Waals surface area contributed by atoms with E-state index < -0.39 is 0 Å². The summed E-state index contributed by atoms with van der Waals surface area (Å²) < 4.78 is 5.21. The molecule has 1 aromatic heterocycles. The smallest absolute Gasteiger partial charge is 0.254 e. The maximum absolute atomic E-state index is 12.2. The molecular formula is C15H21ClN4O2. The summed E-state index contributed by atoms with van der Waals surface area (Å²) in [5.74, 6) is 0.719. The van der Waals surface area contributed by atoms with Crippen LogP contribution in [-0.4, -0.2) is 16.0 Å².